The standard InChI is InChI=1S/C26H32N4O2/c1-17-6-4-9-22(27-17)24(32)29-26-14-18-10-19(15-26)13-25(12-18,16-26)28-23(31)20-7-5-8-21(11-20)30(2)3/h4-9,11,18-19H,10,12-16H2,1-3H3,(H,28,31)(H,29,32). The molecule has 2 N–H and O–H groups in total. The zero-order valence-electron chi connectivity index (χ0n) is 19.1. The van der Waals surface area contributed by atoms with Gasteiger partial charge in [-0.2, -0.15) is 0 Å². The molecule has 2 amide bonds. The van der Waals surface area contributed by atoms with Crippen molar-refractivity contribution in [2.24, 2.45) is 11.8 Å². The summed E-state index contributed by atoms with van der Waals surface area (Å²) in [6, 6.07) is 13.3. The Balaban J connectivity index is 1.37. The lowest BCUT2D eigenvalue weighted by Gasteiger charge is -2.62. The molecule has 4 saturated carbocycles. The lowest BCUT2D eigenvalue weighted by molar-refractivity contribution is -0.0448. The molecule has 6 nitrogen and oxygen atoms in total. The van der Waals surface area contributed by atoms with Crippen molar-refractivity contribution in [3.8, 4) is 0 Å². The first-order chi connectivity index (χ1) is 15.2. The highest BCUT2D eigenvalue weighted by molar-refractivity contribution is 5.96. The van der Waals surface area contributed by atoms with E-state index in [9.17, 15) is 9.59 Å². The number of hydrogen-bond acceptors (Lipinski definition) is 4. The molecule has 32 heavy (non-hydrogen) atoms. The Hall–Kier alpha value is -2.89. The smallest absolute Gasteiger partial charge is 0.270 e. The van der Waals surface area contributed by atoms with Crippen molar-refractivity contribution in [2.75, 3.05) is 19.0 Å². The molecule has 0 aliphatic heterocycles. The second-order valence-corrected chi connectivity index (χ2v) is 10.5. The first kappa shape index (κ1) is 21.0. The van der Waals surface area contributed by atoms with Crippen LogP contribution in [0.3, 0.4) is 0 Å². The minimum absolute atomic E-state index is 0.0162. The molecule has 0 spiro atoms. The fourth-order valence-corrected chi connectivity index (χ4v) is 6.77. The van der Waals surface area contributed by atoms with Crippen LogP contribution in [0.15, 0.2) is 42.5 Å². The summed E-state index contributed by atoms with van der Waals surface area (Å²) in [5.74, 6) is 0.958. The van der Waals surface area contributed by atoms with Crippen molar-refractivity contribution < 1.29 is 9.59 Å². The van der Waals surface area contributed by atoms with Gasteiger partial charge in [-0.15, -0.1) is 0 Å². The predicted molar refractivity (Wildman–Crippen MR) is 125 cm³/mol. The van der Waals surface area contributed by atoms with Gasteiger partial charge in [0.2, 0.25) is 0 Å². The molecule has 2 atom stereocenters. The van der Waals surface area contributed by atoms with Crippen LogP contribution in [0.5, 0.6) is 0 Å². The lowest BCUT2D eigenvalue weighted by atomic mass is 9.49. The SMILES string of the molecule is Cc1cccc(C(=O)NC23CC4CC(CC(NC(=O)c5cccc(N(C)C)c5)(C4)C2)C3)n1. The molecule has 4 bridgehead atoms. The van der Waals surface area contributed by atoms with E-state index in [1.54, 1.807) is 6.07 Å². The molecule has 6 heteroatoms. The molecule has 2 unspecified atom stereocenters. The molecule has 168 valence electrons. The van der Waals surface area contributed by atoms with E-state index in [2.05, 4.69) is 15.6 Å². The maximum atomic E-state index is 13.3. The summed E-state index contributed by atoms with van der Waals surface area (Å²) in [4.78, 5) is 32.7. The molecular formula is C26H32N4O2. The number of carbonyl (C=O) groups is 2. The second-order valence-electron chi connectivity index (χ2n) is 10.5. The van der Waals surface area contributed by atoms with E-state index in [1.165, 1.54) is 6.42 Å². The van der Waals surface area contributed by atoms with Crippen LogP contribution >= 0.6 is 0 Å². The average Bonchev–Trinajstić information content (AvgIpc) is 2.72. The summed E-state index contributed by atoms with van der Waals surface area (Å²) in [7, 11) is 3.96. The van der Waals surface area contributed by atoms with Gasteiger partial charge < -0.3 is 15.5 Å². The molecule has 0 saturated heterocycles. The predicted octanol–water partition coefficient (Wildman–Crippen LogP) is 3.71. The third kappa shape index (κ3) is 3.87. The van der Waals surface area contributed by atoms with Gasteiger partial charge in [0, 0.05) is 42.1 Å². The number of anilines is 1. The number of carbonyl (C=O) groups excluding carboxylic acids is 2. The van der Waals surface area contributed by atoms with Crippen LogP contribution in [0.2, 0.25) is 0 Å². The third-order valence-electron chi connectivity index (χ3n) is 7.56. The maximum Gasteiger partial charge on any atom is 0.270 e. The van der Waals surface area contributed by atoms with Crippen LogP contribution in [0.4, 0.5) is 5.69 Å². The topological polar surface area (TPSA) is 74.3 Å². The summed E-state index contributed by atoms with van der Waals surface area (Å²) in [5, 5.41) is 6.80. The van der Waals surface area contributed by atoms with Gasteiger partial charge in [0.1, 0.15) is 5.69 Å². The van der Waals surface area contributed by atoms with E-state index >= 15 is 0 Å². The number of nitrogens with one attached hydrogen (secondary N) is 2. The molecule has 4 aliphatic carbocycles. The molecule has 1 aromatic carbocycles. The van der Waals surface area contributed by atoms with Gasteiger partial charge in [-0.25, -0.2) is 4.98 Å². The van der Waals surface area contributed by atoms with Crippen molar-refractivity contribution in [3.05, 3.63) is 59.4 Å². The van der Waals surface area contributed by atoms with Gasteiger partial charge in [-0.3, -0.25) is 9.59 Å². The summed E-state index contributed by atoms with van der Waals surface area (Å²) < 4.78 is 0. The first-order valence-corrected chi connectivity index (χ1v) is 11.6. The molecule has 1 heterocycles. The number of aromatic nitrogens is 1. The van der Waals surface area contributed by atoms with E-state index in [0.717, 1.165) is 43.5 Å². The minimum Gasteiger partial charge on any atom is -0.378 e. The normalized spacial score (nSPS) is 30.1. The number of aryl methyl sites for hydroxylation is 1. The number of pyridine rings is 1. The van der Waals surface area contributed by atoms with Gasteiger partial charge >= 0.3 is 0 Å². The Morgan fingerprint density at radius 2 is 1.56 bits per heavy atom. The van der Waals surface area contributed by atoms with Gasteiger partial charge in [-0.1, -0.05) is 12.1 Å². The van der Waals surface area contributed by atoms with Gasteiger partial charge in [-0.05, 0) is 87.6 Å². The summed E-state index contributed by atoms with van der Waals surface area (Å²) >= 11 is 0. The van der Waals surface area contributed by atoms with Gasteiger partial charge in [0.25, 0.3) is 11.8 Å². The Morgan fingerprint density at radius 1 is 0.938 bits per heavy atom. The van der Waals surface area contributed by atoms with Gasteiger partial charge in [0.05, 0.1) is 0 Å². The molecule has 4 aliphatic rings. The molecular weight excluding hydrogens is 400 g/mol. The highest BCUT2D eigenvalue weighted by Gasteiger charge is 2.58. The molecule has 6 rings (SSSR count). The fraction of sp³-hybridized carbons (Fsp3) is 0.500. The second kappa shape index (κ2) is 7.61. The molecule has 0 radical (unpaired) electrons. The lowest BCUT2D eigenvalue weighted by Crippen LogP contribution is -2.69. The number of amides is 2. The van der Waals surface area contributed by atoms with E-state index in [0.29, 0.717) is 23.1 Å². The third-order valence-corrected chi connectivity index (χ3v) is 7.56. The number of nitrogens with zero attached hydrogens (tertiary/aromatic N) is 2. The van der Waals surface area contributed by atoms with Crippen molar-refractivity contribution >= 4 is 17.5 Å². The monoisotopic (exact) mass is 432 g/mol. The van der Waals surface area contributed by atoms with Crippen LogP contribution in [-0.4, -0.2) is 42.0 Å². The largest absolute Gasteiger partial charge is 0.378 e. The molecule has 2 aromatic rings. The summed E-state index contributed by atoms with van der Waals surface area (Å²) in [5.41, 5.74) is 2.51. The maximum absolute atomic E-state index is 13.3. The van der Waals surface area contributed by atoms with Crippen LogP contribution in [0.1, 0.15) is 65.1 Å². The van der Waals surface area contributed by atoms with Gasteiger partial charge in [0.15, 0.2) is 0 Å². The van der Waals surface area contributed by atoms with Crippen LogP contribution in [0, 0.1) is 18.8 Å². The highest BCUT2D eigenvalue weighted by atomic mass is 16.2. The summed E-state index contributed by atoms with van der Waals surface area (Å²) in [6.07, 6.45) is 5.99. The van der Waals surface area contributed by atoms with Crippen molar-refractivity contribution in [2.45, 2.75) is 56.5 Å². The zero-order valence-corrected chi connectivity index (χ0v) is 19.1. The Bertz CT molecular complexity index is 1050. The van der Waals surface area contributed by atoms with Crippen LogP contribution < -0.4 is 15.5 Å². The van der Waals surface area contributed by atoms with E-state index < -0.39 is 0 Å². The number of rotatable bonds is 5. The van der Waals surface area contributed by atoms with Crippen molar-refractivity contribution in [1.82, 2.24) is 15.6 Å². The minimum atomic E-state index is -0.259. The van der Waals surface area contributed by atoms with Crippen molar-refractivity contribution in [3.63, 3.8) is 0 Å². The zero-order chi connectivity index (χ0) is 22.5. The van der Waals surface area contributed by atoms with E-state index in [-0.39, 0.29) is 22.9 Å². The molecule has 4 fully saturated rings. The highest BCUT2D eigenvalue weighted by Crippen LogP contribution is 2.57. The Kier molecular flexibility index (Phi) is 4.99. The van der Waals surface area contributed by atoms with E-state index in [1.807, 2.05) is 62.3 Å². The van der Waals surface area contributed by atoms with Crippen LogP contribution in [-0.2, 0) is 0 Å². The van der Waals surface area contributed by atoms with Crippen molar-refractivity contribution in [1.29, 1.82) is 0 Å². The van der Waals surface area contributed by atoms with E-state index in [4.69, 9.17) is 0 Å². The summed E-state index contributed by atoms with van der Waals surface area (Å²) in [6.45, 7) is 1.90. The quantitative estimate of drug-likeness (QED) is 0.755. The average molecular weight is 433 g/mol. The first-order valence-electron chi connectivity index (χ1n) is 11.6. The Morgan fingerprint density at radius 3 is 2.19 bits per heavy atom. The van der Waals surface area contributed by atoms with Crippen LogP contribution in [0.25, 0.3) is 0 Å². The number of hydrogen-bond donors (Lipinski definition) is 2. The molecule has 1 aromatic heterocycles. The Labute approximate surface area is 189 Å². The number of benzene rings is 1. The fourth-order valence-electron chi connectivity index (χ4n) is 6.77.